The van der Waals surface area contributed by atoms with Crippen molar-refractivity contribution in [2.45, 2.75) is 38.8 Å². The fraction of sp³-hybridized carbons (Fsp3) is 0.533. The van der Waals surface area contributed by atoms with Gasteiger partial charge in [0.2, 0.25) is 0 Å². The molecule has 1 saturated carbocycles. The maximum Gasteiger partial charge on any atom is 0.251 e. The van der Waals surface area contributed by atoms with Gasteiger partial charge in [0.25, 0.3) is 5.91 Å². The number of nitrogens with one attached hydrogen (secondary N) is 2. The standard InChI is InChI=1S/C15H22N2O3S/c1-3-21(19,20)10-11(2)16-14-6-4-5-12(9-14)15(18)17-13-7-8-13/h4-6,9,11,13,16H,3,7-8,10H2,1-2H3,(H,17,18). The number of anilines is 1. The first-order valence-corrected chi connectivity index (χ1v) is 9.09. The fourth-order valence-electron chi connectivity index (χ4n) is 2.07. The molecule has 1 amide bonds. The van der Waals surface area contributed by atoms with Crippen LogP contribution in [0.25, 0.3) is 0 Å². The van der Waals surface area contributed by atoms with Crippen molar-refractivity contribution in [2.75, 3.05) is 16.8 Å². The minimum absolute atomic E-state index is 0.0741. The first kappa shape index (κ1) is 15.8. The van der Waals surface area contributed by atoms with Crippen LogP contribution in [0.15, 0.2) is 24.3 Å². The molecule has 2 rings (SSSR count). The van der Waals surface area contributed by atoms with Crippen molar-refractivity contribution in [3.63, 3.8) is 0 Å². The number of amides is 1. The Bertz CT molecular complexity index is 609. The Balaban J connectivity index is 1.98. The van der Waals surface area contributed by atoms with Crippen LogP contribution in [0.5, 0.6) is 0 Å². The second-order valence-corrected chi connectivity index (χ2v) is 7.97. The lowest BCUT2D eigenvalue weighted by molar-refractivity contribution is 0.0951. The summed E-state index contributed by atoms with van der Waals surface area (Å²) < 4.78 is 23.2. The van der Waals surface area contributed by atoms with Crippen molar-refractivity contribution in [3.05, 3.63) is 29.8 Å². The quantitative estimate of drug-likeness (QED) is 0.805. The zero-order chi connectivity index (χ0) is 15.5. The molecule has 21 heavy (non-hydrogen) atoms. The average molecular weight is 310 g/mol. The van der Waals surface area contributed by atoms with E-state index in [0.29, 0.717) is 11.6 Å². The Labute approximate surface area is 126 Å². The van der Waals surface area contributed by atoms with Gasteiger partial charge in [0.05, 0.1) is 5.75 Å². The predicted molar refractivity (Wildman–Crippen MR) is 84.3 cm³/mol. The highest BCUT2D eigenvalue weighted by Crippen LogP contribution is 2.20. The van der Waals surface area contributed by atoms with Crippen LogP contribution in [0, 0.1) is 0 Å². The smallest absolute Gasteiger partial charge is 0.251 e. The number of hydrogen-bond acceptors (Lipinski definition) is 4. The summed E-state index contributed by atoms with van der Waals surface area (Å²) in [6, 6.07) is 7.27. The molecule has 1 aromatic carbocycles. The molecule has 0 bridgehead atoms. The van der Waals surface area contributed by atoms with Crippen LogP contribution in [0.3, 0.4) is 0 Å². The topological polar surface area (TPSA) is 75.3 Å². The van der Waals surface area contributed by atoms with Crippen molar-refractivity contribution in [3.8, 4) is 0 Å². The Kier molecular flexibility index (Phi) is 4.88. The minimum Gasteiger partial charge on any atom is -0.382 e. The maximum absolute atomic E-state index is 12.0. The highest BCUT2D eigenvalue weighted by atomic mass is 32.2. The number of carbonyl (C=O) groups is 1. The Morgan fingerprint density at radius 1 is 1.38 bits per heavy atom. The van der Waals surface area contributed by atoms with E-state index in [1.165, 1.54) is 0 Å². The summed E-state index contributed by atoms with van der Waals surface area (Å²) in [6.07, 6.45) is 2.10. The SMILES string of the molecule is CCS(=O)(=O)CC(C)Nc1cccc(C(=O)NC2CC2)c1. The average Bonchev–Trinajstić information content (AvgIpc) is 3.22. The lowest BCUT2D eigenvalue weighted by atomic mass is 10.1. The van der Waals surface area contributed by atoms with E-state index >= 15 is 0 Å². The Morgan fingerprint density at radius 3 is 2.71 bits per heavy atom. The molecule has 5 nitrogen and oxygen atoms in total. The number of rotatable bonds is 7. The molecule has 1 aromatic rings. The highest BCUT2D eigenvalue weighted by Gasteiger charge is 2.23. The molecule has 0 saturated heterocycles. The van der Waals surface area contributed by atoms with Crippen LogP contribution in [0.4, 0.5) is 5.69 Å². The molecule has 116 valence electrons. The van der Waals surface area contributed by atoms with Crippen LogP contribution in [-0.4, -0.2) is 37.9 Å². The van der Waals surface area contributed by atoms with Crippen LogP contribution in [0.2, 0.25) is 0 Å². The maximum atomic E-state index is 12.0. The molecule has 0 aromatic heterocycles. The van der Waals surface area contributed by atoms with Crippen molar-refractivity contribution < 1.29 is 13.2 Å². The van der Waals surface area contributed by atoms with Crippen LogP contribution < -0.4 is 10.6 Å². The van der Waals surface area contributed by atoms with Gasteiger partial charge in [-0.2, -0.15) is 0 Å². The highest BCUT2D eigenvalue weighted by molar-refractivity contribution is 7.91. The van der Waals surface area contributed by atoms with Gasteiger partial charge in [-0.25, -0.2) is 8.42 Å². The molecule has 0 heterocycles. The van der Waals surface area contributed by atoms with E-state index in [0.717, 1.165) is 18.5 Å². The van der Waals surface area contributed by atoms with Gasteiger partial charge in [0, 0.05) is 29.1 Å². The van der Waals surface area contributed by atoms with E-state index in [2.05, 4.69) is 10.6 Å². The summed E-state index contributed by atoms with van der Waals surface area (Å²) in [5.41, 5.74) is 1.36. The molecule has 1 fully saturated rings. The van der Waals surface area contributed by atoms with Crippen molar-refractivity contribution in [2.24, 2.45) is 0 Å². The molecule has 0 spiro atoms. The normalized spacial score (nSPS) is 16.3. The lowest BCUT2D eigenvalue weighted by Crippen LogP contribution is -2.27. The van der Waals surface area contributed by atoms with Gasteiger partial charge in [-0.15, -0.1) is 0 Å². The second kappa shape index (κ2) is 6.47. The predicted octanol–water partition coefficient (Wildman–Crippen LogP) is 1.81. The monoisotopic (exact) mass is 310 g/mol. The van der Waals surface area contributed by atoms with Crippen LogP contribution >= 0.6 is 0 Å². The Morgan fingerprint density at radius 2 is 2.10 bits per heavy atom. The van der Waals surface area contributed by atoms with E-state index in [-0.39, 0.29) is 23.5 Å². The number of benzene rings is 1. The van der Waals surface area contributed by atoms with Crippen LogP contribution in [0.1, 0.15) is 37.0 Å². The third kappa shape index (κ3) is 5.04. The van der Waals surface area contributed by atoms with Gasteiger partial charge in [-0.1, -0.05) is 13.0 Å². The number of carbonyl (C=O) groups excluding carboxylic acids is 1. The summed E-state index contributed by atoms with van der Waals surface area (Å²) >= 11 is 0. The van der Waals surface area contributed by atoms with Gasteiger partial charge in [-0.3, -0.25) is 4.79 Å². The molecule has 1 unspecified atom stereocenters. The summed E-state index contributed by atoms with van der Waals surface area (Å²) in [5.74, 6) is 0.153. The van der Waals surface area contributed by atoms with E-state index < -0.39 is 9.84 Å². The van der Waals surface area contributed by atoms with E-state index in [1.807, 2.05) is 13.0 Å². The molecule has 6 heteroatoms. The molecular weight excluding hydrogens is 288 g/mol. The molecule has 1 atom stereocenters. The fourth-order valence-corrected chi connectivity index (χ4v) is 3.15. The molecule has 1 aliphatic carbocycles. The van der Waals surface area contributed by atoms with Crippen molar-refractivity contribution in [1.82, 2.24) is 5.32 Å². The Hall–Kier alpha value is -1.56. The molecular formula is C15H22N2O3S. The van der Waals surface area contributed by atoms with Gasteiger partial charge in [0.15, 0.2) is 9.84 Å². The lowest BCUT2D eigenvalue weighted by Gasteiger charge is -2.15. The summed E-state index contributed by atoms with van der Waals surface area (Å²) in [6.45, 7) is 3.47. The third-order valence-corrected chi connectivity index (χ3v) is 5.28. The van der Waals surface area contributed by atoms with Gasteiger partial charge >= 0.3 is 0 Å². The van der Waals surface area contributed by atoms with Crippen molar-refractivity contribution in [1.29, 1.82) is 0 Å². The third-order valence-electron chi connectivity index (χ3n) is 3.39. The van der Waals surface area contributed by atoms with E-state index in [4.69, 9.17) is 0 Å². The molecule has 0 radical (unpaired) electrons. The molecule has 0 aliphatic heterocycles. The van der Waals surface area contributed by atoms with Crippen LogP contribution in [-0.2, 0) is 9.84 Å². The van der Waals surface area contributed by atoms with E-state index in [9.17, 15) is 13.2 Å². The zero-order valence-electron chi connectivity index (χ0n) is 12.4. The number of hydrogen-bond donors (Lipinski definition) is 2. The van der Waals surface area contributed by atoms with E-state index in [1.54, 1.807) is 25.1 Å². The summed E-state index contributed by atoms with van der Waals surface area (Å²) in [4.78, 5) is 12.0. The van der Waals surface area contributed by atoms with Gasteiger partial charge in [0.1, 0.15) is 0 Å². The first-order chi connectivity index (χ1) is 9.89. The first-order valence-electron chi connectivity index (χ1n) is 7.27. The molecule has 2 N–H and O–H groups in total. The van der Waals surface area contributed by atoms with Crippen molar-refractivity contribution >= 4 is 21.4 Å². The molecule has 1 aliphatic rings. The number of sulfone groups is 1. The summed E-state index contributed by atoms with van der Waals surface area (Å²) in [7, 11) is -3.01. The van der Waals surface area contributed by atoms with Gasteiger partial charge < -0.3 is 10.6 Å². The van der Waals surface area contributed by atoms with Gasteiger partial charge in [-0.05, 0) is 38.0 Å². The largest absolute Gasteiger partial charge is 0.382 e. The summed E-state index contributed by atoms with van der Waals surface area (Å²) in [5, 5.41) is 6.07. The zero-order valence-corrected chi connectivity index (χ0v) is 13.2. The minimum atomic E-state index is -3.01. The second-order valence-electron chi connectivity index (χ2n) is 5.57.